The minimum absolute atomic E-state index is 0.224. The monoisotopic (exact) mass is 277 g/mol. The first-order valence-electron chi connectivity index (χ1n) is 6.03. The molecule has 0 aliphatic rings. The van der Waals surface area contributed by atoms with E-state index in [1.54, 1.807) is 18.3 Å². The molecule has 2 rings (SSSR count). The van der Waals surface area contributed by atoms with Crippen molar-refractivity contribution < 1.29 is 4.79 Å². The van der Waals surface area contributed by atoms with Gasteiger partial charge in [0.15, 0.2) is 0 Å². The van der Waals surface area contributed by atoms with Gasteiger partial charge in [0.05, 0.1) is 5.56 Å². The molecule has 100 valence electrons. The van der Waals surface area contributed by atoms with E-state index in [2.05, 4.69) is 20.5 Å². The molecule has 2 aromatic rings. The van der Waals surface area contributed by atoms with E-state index in [9.17, 15) is 4.79 Å². The Bertz CT molecular complexity index is 528. The summed E-state index contributed by atoms with van der Waals surface area (Å²) in [5, 5.41) is 12.1. The topological polar surface area (TPSA) is 93.8 Å². The third-order valence-corrected chi connectivity index (χ3v) is 3.35. The standard InChI is InChI=1S/C12H15N5OS/c13-6-2-1-5-10-16-17-12(19-10)15-11(18)9-4-3-7-14-8-9/h3-4,7-8H,1-2,5-6,13H2,(H,15,17,18). The predicted octanol–water partition coefficient (Wildman–Crippen LogP) is 1.47. The highest BCUT2D eigenvalue weighted by Gasteiger charge is 2.09. The second-order valence-electron chi connectivity index (χ2n) is 3.94. The fourth-order valence-corrected chi connectivity index (χ4v) is 2.27. The molecule has 3 N–H and O–H groups in total. The van der Waals surface area contributed by atoms with Crippen molar-refractivity contribution in [1.29, 1.82) is 0 Å². The zero-order chi connectivity index (χ0) is 13.5. The summed E-state index contributed by atoms with van der Waals surface area (Å²) in [5.74, 6) is -0.224. The van der Waals surface area contributed by atoms with Crippen LogP contribution in [0.2, 0.25) is 0 Å². The molecule has 0 unspecified atom stereocenters. The molecule has 0 aliphatic carbocycles. The van der Waals surface area contributed by atoms with E-state index >= 15 is 0 Å². The van der Waals surface area contributed by atoms with Crippen LogP contribution in [0.1, 0.15) is 28.2 Å². The van der Waals surface area contributed by atoms with Crippen molar-refractivity contribution in [3.05, 3.63) is 35.1 Å². The Kier molecular flexibility index (Phi) is 4.93. The average molecular weight is 277 g/mol. The highest BCUT2D eigenvalue weighted by Crippen LogP contribution is 2.17. The number of carbonyl (C=O) groups excluding carboxylic acids is 1. The van der Waals surface area contributed by atoms with Gasteiger partial charge in [0.1, 0.15) is 5.01 Å². The van der Waals surface area contributed by atoms with Crippen molar-refractivity contribution in [2.75, 3.05) is 11.9 Å². The number of aromatic nitrogens is 3. The van der Waals surface area contributed by atoms with Crippen LogP contribution in [0.4, 0.5) is 5.13 Å². The first-order chi connectivity index (χ1) is 9.29. The second-order valence-corrected chi connectivity index (χ2v) is 5.00. The number of nitrogens with one attached hydrogen (secondary N) is 1. The van der Waals surface area contributed by atoms with Crippen LogP contribution in [0.3, 0.4) is 0 Å². The van der Waals surface area contributed by atoms with Crippen LogP contribution in [0.25, 0.3) is 0 Å². The quantitative estimate of drug-likeness (QED) is 0.780. The normalized spacial score (nSPS) is 10.4. The summed E-state index contributed by atoms with van der Waals surface area (Å²) in [6.45, 7) is 0.684. The minimum Gasteiger partial charge on any atom is -0.330 e. The Morgan fingerprint density at radius 1 is 1.37 bits per heavy atom. The fourth-order valence-electron chi connectivity index (χ4n) is 1.49. The summed E-state index contributed by atoms with van der Waals surface area (Å²) >= 11 is 1.39. The van der Waals surface area contributed by atoms with Crippen molar-refractivity contribution in [3.8, 4) is 0 Å². The van der Waals surface area contributed by atoms with E-state index in [1.165, 1.54) is 17.5 Å². The molecule has 1 amide bonds. The van der Waals surface area contributed by atoms with Gasteiger partial charge in [-0.25, -0.2) is 0 Å². The Labute approximate surface area is 115 Å². The molecule has 0 aliphatic heterocycles. The number of rotatable bonds is 6. The number of amides is 1. The lowest BCUT2D eigenvalue weighted by molar-refractivity contribution is 0.102. The molecule has 7 heteroatoms. The molecular weight excluding hydrogens is 262 g/mol. The van der Waals surface area contributed by atoms with E-state index in [4.69, 9.17) is 5.73 Å². The van der Waals surface area contributed by atoms with Crippen LogP contribution >= 0.6 is 11.3 Å². The highest BCUT2D eigenvalue weighted by atomic mass is 32.1. The SMILES string of the molecule is NCCCCc1nnc(NC(=O)c2cccnc2)s1. The Morgan fingerprint density at radius 3 is 3.00 bits per heavy atom. The summed E-state index contributed by atoms with van der Waals surface area (Å²) in [6.07, 6.45) is 5.94. The summed E-state index contributed by atoms with van der Waals surface area (Å²) in [7, 11) is 0. The van der Waals surface area contributed by atoms with Gasteiger partial charge in [-0.1, -0.05) is 11.3 Å². The maximum Gasteiger partial charge on any atom is 0.259 e. The maximum absolute atomic E-state index is 11.9. The van der Waals surface area contributed by atoms with Crippen LogP contribution in [0, 0.1) is 0 Å². The highest BCUT2D eigenvalue weighted by molar-refractivity contribution is 7.15. The van der Waals surface area contributed by atoms with Crippen LogP contribution in [-0.2, 0) is 6.42 Å². The lowest BCUT2D eigenvalue weighted by atomic mass is 10.2. The summed E-state index contributed by atoms with van der Waals surface area (Å²) in [6, 6.07) is 3.42. The third-order valence-electron chi connectivity index (χ3n) is 2.46. The van der Waals surface area contributed by atoms with Gasteiger partial charge in [0.25, 0.3) is 5.91 Å². The number of nitrogens with two attached hydrogens (primary N) is 1. The molecule has 2 heterocycles. The first kappa shape index (κ1) is 13.6. The van der Waals surface area contributed by atoms with E-state index in [-0.39, 0.29) is 5.91 Å². The van der Waals surface area contributed by atoms with Crippen molar-refractivity contribution in [3.63, 3.8) is 0 Å². The fraction of sp³-hybridized carbons (Fsp3) is 0.333. The number of anilines is 1. The number of nitrogens with zero attached hydrogens (tertiary/aromatic N) is 3. The molecule has 6 nitrogen and oxygen atoms in total. The van der Waals surface area contributed by atoms with Crippen molar-refractivity contribution >= 4 is 22.4 Å². The molecule has 0 saturated carbocycles. The number of unbranched alkanes of at least 4 members (excludes halogenated alkanes) is 1. The molecule has 2 aromatic heterocycles. The Balaban J connectivity index is 1.91. The number of hydrogen-bond donors (Lipinski definition) is 2. The molecule has 0 radical (unpaired) electrons. The summed E-state index contributed by atoms with van der Waals surface area (Å²) < 4.78 is 0. The molecule has 0 atom stereocenters. The Hall–Kier alpha value is -1.86. The smallest absolute Gasteiger partial charge is 0.259 e. The summed E-state index contributed by atoms with van der Waals surface area (Å²) in [4.78, 5) is 15.8. The number of aryl methyl sites for hydroxylation is 1. The minimum atomic E-state index is -0.224. The lowest BCUT2D eigenvalue weighted by Gasteiger charge is -1.99. The molecule has 0 fully saturated rings. The molecule has 0 saturated heterocycles. The van der Waals surface area contributed by atoms with Crippen molar-refractivity contribution in [2.45, 2.75) is 19.3 Å². The van der Waals surface area contributed by atoms with Crippen LogP contribution < -0.4 is 11.1 Å². The van der Waals surface area contributed by atoms with Crippen LogP contribution in [-0.4, -0.2) is 27.6 Å². The predicted molar refractivity (Wildman–Crippen MR) is 74.1 cm³/mol. The number of hydrogen-bond acceptors (Lipinski definition) is 6. The van der Waals surface area contributed by atoms with Gasteiger partial charge in [-0.3, -0.25) is 15.1 Å². The van der Waals surface area contributed by atoms with E-state index in [0.717, 1.165) is 24.3 Å². The van der Waals surface area contributed by atoms with E-state index < -0.39 is 0 Å². The first-order valence-corrected chi connectivity index (χ1v) is 6.85. The zero-order valence-electron chi connectivity index (χ0n) is 10.4. The number of pyridine rings is 1. The second kappa shape index (κ2) is 6.91. The maximum atomic E-state index is 11.9. The van der Waals surface area contributed by atoms with Gasteiger partial charge in [0, 0.05) is 18.8 Å². The molecular formula is C12H15N5OS. The van der Waals surface area contributed by atoms with Crippen molar-refractivity contribution in [1.82, 2.24) is 15.2 Å². The van der Waals surface area contributed by atoms with Gasteiger partial charge in [-0.2, -0.15) is 0 Å². The summed E-state index contributed by atoms with van der Waals surface area (Å²) in [5.41, 5.74) is 5.93. The van der Waals surface area contributed by atoms with E-state index in [1.807, 2.05) is 0 Å². The molecule has 0 spiro atoms. The van der Waals surface area contributed by atoms with Gasteiger partial charge >= 0.3 is 0 Å². The van der Waals surface area contributed by atoms with Crippen LogP contribution in [0.5, 0.6) is 0 Å². The van der Waals surface area contributed by atoms with Gasteiger partial charge in [-0.15, -0.1) is 10.2 Å². The lowest BCUT2D eigenvalue weighted by Crippen LogP contribution is -2.11. The van der Waals surface area contributed by atoms with Crippen molar-refractivity contribution in [2.24, 2.45) is 5.73 Å². The van der Waals surface area contributed by atoms with Gasteiger partial charge in [0.2, 0.25) is 5.13 Å². The van der Waals surface area contributed by atoms with E-state index in [0.29, 0.717) is 17.2 Å². The molecule has 19 heavy (non-hydrogen) atoms. The average Bonchev–Trinajstić information content (AvgIpc) is 2.88. The molecule has 0 bridgehead atoms. The molecule has 0 aromatic carbocycles. The largest absolute Gasteiger partial charge is 0.330 e. The Morgan fingerprint density at radius 2 is 2.26 bits per heavy atom. The van der Waals surface area contributed by atoms with Crippen LogP contribution in [0.15, 0.2) is 24.5 Å². The number of carbonyl (C=O) groups is 1. The third kappa shape index (κ3) is 4.08. The van der Waals surface area contributed by atoms with Gasteiger partial charge < -0.3 is 5.73 Å². The van der Waals surface area contributed by atoms with Gasteiger partial charge in [-0.05, 0) is 31.5 Å². The zero-order valence-corrected chi connectivity index (χ0v) is 11.2.